The van der Waals surface area contributed by atoms with Gasteiger partial charge in [0.1, 0.15) is 0 Å². The van der Waals surface area contributed by atoms with E-state index in [4.69, 9.17) is 4.74 Å². The number of hydrogen-bond acceptors (Lipinski definition) is 2. The van der Waals surface area contributed by atoms with Crippen molar-refractivity contribution in [3.05, 3.63) is 53.9 Å². The molecule has 2 rings (SSSR count). The van der Waals surface area contributed by atoms with E-state index in [9.17, 15) is 0 Å². The fraction of sp³-hybridized carbons (Fsp3) is 0.375. The molecule has 3 nitrogen and oxygen atoms in total. The normalized spacial score (nSPS) is 10.6. The van der Waals surface area contributed by atoms with Gasteiger partial charge in [0.15, 0.2) is 0 Å². The molecule has 0 saturated carbocycles. The first kappa shape index (κ1) is 13.7. The number of nitrogens with one attached hydrogen (secondary N) is 1. The number of rotatable bonds is 7. The third kappa shape index (κ3) is 3.61. The van der Waals surface area contributed by atoms with E-state index in [1.807, 2.05) is 0 Å². The lowest BCUT2D eigenvalue weighted by Crippen LogP contribution is -2.08. The Labute approximate surface area is 115 Å². The minimum atomic E-state index is 0.754. The van der Waals surface area contributed by atoms with E-state index in [1.165, 1.54) is 16.9 Å². The molecule has 0 spiro atoms. The largest absolute Gasteiger partial charge is 0.384 e. The summed E-state index contributed by atoms with van der Waals surface area (Å²) in [5, 5.41) is 3.52. The van der Waals surface area contributed by atoms with Crippen molar-refractivity contribution in [1.82, 2.24) is 4.57 Å². The second-order valence-corrected chi connectivity index (χ2v) is 4.54. The van der Waals surface area contributed by atoms with Gasteiger partial charge in [-0.25, -0.2) is 0 Å². The van der Waals surface area contributed by atoms with Crippen LogP contribution in [-0.4, -0.2) is 18.3 Å². The van der Waals surface area contributed by atoms with Crippen LogP contribution in [0.2, 0.25) is 0 Å². The molecule has 0 aliphatic rings. The number of anilines is 1. The van der Waals surface area contributed by atoms with Crippen LogP contribution < -0.4 is 5.32 Å². The lowest BCUT2D eigenvalue weighted by atomic mass is 10.1. The molecule has 0 aliphatic carbocycles. The zero-order chi connectivity index (χ0) is 13.5. The summed E-state index contributed by atoms with van der Waals surface area (Å²) in [6.07, 6.45) is 3.06. The number of methoxy groups -OCH3 is 1. The third-order valence-corrected chi connectivity index (χ3v) is 3.32. The maximum Gasteiger partial charge on any atom is 0.0553 e. The van der Waals surface area contributed by atoms with E-state index in [2.05, 4.69) is 59.4 Å². The second kappa shape index (κ2) is 7.00. The van der Waals surface area contributed by atoms with E-state index in [0.717, 1.165) is 26.1 Å². The number of ether oxygens (including phenoxy) is 1. The Morgan fingerprint density at radius 2 is 2.00 bits per heavy atom. The first-order chi connectivity index (χ1) is 9.35. The molecule has 0 unspecified atom stereocenters. The quantitative estimate of drug-likeness (QED) is 0.824. The zero-order valence-electron chi connectivity index (χ0n) is 11.7. The summed E-state index contributed by atoms with van der Waals surface area (Å²) in [6.45, 7) is 4.78. The topological polar surface area (TPSA) is 26.2 Å². The van der Waals surface area contributed by atoms with E-state index in [0.29, 0.717) is 0 Å². The zero-order valence-corrected chi connectivity index (χ0v) is 11.7. The van der Waals surface area contributed by atoms with Gasteiger partial charge >= 0.3 is 0 Å². The van der Waals surface area contributed by atoms with Gasteiger partial charge in [0.25, 0.3) is 0 Å². The molecule has 1 heterocycles. The molecule has 2 aromatic rings. The Kier molecular flexibility index (Phi) is 5.04. The van der Waals surface area contributed by atoms with Gasteiger partial charge in [-0.15, -0.1) is 0 Å². The lowest BCUT2D eigenvalue weighted by molar-refractivity contribution is 0.202. The van der Waals surface area contributed by atoms with Crippen molar-refractivity contribution < 1.29 is 4.74 Å². The minimum Gasteiger partial charge on any atom is -0.384 e. The van der Waals surface area contributed by atoms with Crippen LogP contribution in [0.4, 0.5) is 5.69 Å². The average Bonchev–Trinajstić information content (AvgIpc) is 2.91. The van der Waals surface area contributed by atoms with Crippen LogP contribution in [0.3, 0.4) is 0 Å². The van der Waals surface area contributed by atoms with Crippen LogP contribution in [0.1, 0.15) is 18.2 Å². The molecule has 3 heteroatoms. The molecular weight excluding hydrogens is 236 g/mol. The van der Waals surface area contributed by atoms with Crippen molar-refractivity contribution >= 4 is 5.69 Å². The minimum absolute atomic E-state index is 0.754. The molecule has 0 amide bonds. The van der Waals surface area contributed by atoms with Gasteiger partial charge in [0.05, 0.1) is 13.2 Å². The predicted molar refractivity (Wildman–Crippen MR) is 79.5 cm³/mol. The van der Waals surface area contributed by atoms with E-state index >= 15 is 0 Å². The van der Waals surface area contributed by atoms with Gasteiger partial charge in [0.2, 0.25) is 0 Å². The Morgan fingerprint density at radius 1 is 1.16 bits per heavy atom. The molecule has 0 atom stereocenters. The molecule has 0 bridgehead atoms. The molecule has 0 aliphatic heterocycles. The Bertz CT molecular complexity index is 505. The maximum atomic E-state index is 5.16. The number of aryl methyl sites for hydroxylation is 1. The Morgan fingerprint density at radius 3 is 2.79 bits per heavy atom. The van der Waals surface area contributed by atoms with E-state index < -0.39 is 0 Å². The van der Waals surface area contributed by atoms with Crippen molar-refractivity contribution in [1.29, 1.82) is 0 Å². The van der Waals surface area contributed by atoms with E-state index in [1.54, 1.807) is 7.11 Å². The van der Waals surface area contributed by atoms with Crippen LogP contribution in [-0.2, 0) is 24.2 Å². The monoisotopic (exact) mass is 258 g/mol. The Balaban J connectivity index is 2.02. The highest BCUT2D eigenvalue weighted by Crippen LogP contribution is 2.17. The number of benzene rings is 1. The van der Waals surface area contributed by atoms with Gasteiger partial charge < -0.3 is 14.6 Å². The third-order valence-electron chi connectivity index (χ3n) is 3.32. The number of nitrogens with zero attached hydrogens (tertiary/aromatic N) is 1. The number of para-hydroxylation sites is 1. The standard InChI is InChI=1S/C16H22N2O/c1-3-18-11-6-8-15(18)13-17-16-9-5-4-7-14(16)10-12-19-2/h4-9,11,17H,3,10,12-13H2,1-2H3. The second-order valence-electron chi connectivity index (χ2n) is 4.54. The van der Waals surface area contributed by atoms with Crippen molar-refractivity contribution in [2.75, 3.05) is 19.0 Å². The number of aromatic nitrogens is 1. The van der Waals surface area contributed by atoms with Crippen molar-refractivity contribution in [3.8, 4) is 0 Å². The van der Waals surface area contributed by atoms with Crippen LogP contribution in [0.5, 0.6) is 0 Å². The molecule has 19 heavy (non-hydrogen) atoms. The SMILES string of the molecule is CCn1cccc1CNc1ccccc1CCOC. The van der Waals surface area contributed by atoms with Gasteiger partial charge in [0, 0.05) is 31.2 Å². The summed E-state index contributed by atoms with van der Waals surface area (Å²) in [5.74, 6) is 0. The van der Waals surface area contributed by atoms with Crippen molar-refractivity contribution in [2.24, 2.45) is 0 Å². The predicted octanol–water partition coefficient (Wildman–Crippen LogP) is 3.31. The highest BCUT2D eigenvalue weighted by atomic mass is 16.5. The summed E-state index contributed by atoms with van der Waals surface area (Å²) in [7, 11) is 1.74. The number of hydrogen-bond donors (Lipinski definition) is 1. The molecule has 0 radical (unpaired) electrons. The average molecular weight is 258 g/mol. The smallest absolute Gasteiger partial charge is 0.0553 e. The summed E-state index contributed by atoms with van der Waals surface area (Å²) in [6, 6.07) is 12.7. The van der Waals surface area contributed by atoms with E-state index in [-0.39, 0.29) is 0 Å². The van der Waals surface area contributed by atoms with Crippen LogP contribution in [0.15, 0.2) is 42.6 Å². The first-order valence-electron chi connectivity index (χ1n) is 6.80. The van der Waals surface area contributed by atoms with Gasteiger partial charge in [-0.2, -0.15) is 0 Å². The van der Waals surface area contributed by atoms with Gasteiger partial charge in [-0.1, -0.05) is 18.2 Å². The highest BCUT2D eigenvalue weighted by molar-refractivity contribution is 5.51. The fourth-order valence-corrected chi connectivity index (χ4v) is 2.23. The fourth-order valence-electron chi connectivity index (χ4n) is 2.23. The molecule has 1 aromatic carbocycles. The molecule has 1 aromatic heterocycles. The molecule has 1 N–H and O–H groups in total. The Hall–Kier alpha value is -1.74. The maximum absolute atomic E-state index is 5.16. The van der Waals surface area contributed by atoms with Crippen molar-refractivity contribution in [2.45, 2.75) is 26.4 Å². The lowest BCUT2D eigenvalue weighted by Gasteiger charge is -2.13. The van der Waals surface area contributed by atoms with Gasteiger partial charge in [-0.05, 0) is 37.1 Å². The summed E-state index contributed by atoms with van der Waals surface area (Å²) >= 11 is 0. The first-order valence-corrected chi connectivity index (χ1v) is 6.80. The van der Waals surface area contributed by atoms with Crippen LogP contribution in [0.25, 0.3) is 0 Å². The summed E-state index contributed by atoms with van der Waals surface area (Å²) in [4.78, 5) is 0. The summed E-state index contributed by atoms with van der Waals surface area (Å²) < 4.78 is 7.41. The van der Waals surface area contributed by atoms with Crippen molar-refractivity contribution in [3.63, 3.8) is 0 Å². The summed E-state index contributed by atoms with van der Waals surface area (Å²) in [5.41, 5.74) is 3.81. The molecular formula is C16H22N2O. The van der Waals surface area contributed by atoms with Crippen LogP contribution >= 0.6 is 0 Å². The van der Waals surface area contributed by atoms with Gasteiger partial charge in [-0.3, -0.25) is 0 Å². The van der Waals surface area contributed by atoms with Crippen LogP contribution in [0, 0.1) is 0 Å². The highest BCUT2D eigenvalue weighted by Gasteiger charge is 2.03. The molecule has 0 fully saturated rings. The molecule has 0 saturated heterocycles. The molecule has 102 valence electrons.